The fourth-order valence-corrected chi connectivity index (χ4v) is 4.58. The van der Waals surface area contributed by atoms with Gasteiger partial charge in [-0.1, -0.05) is 0 Å². The second kappa shape index (κ2) is 6.03. The Balaban J connectivity index is 1.73. The number of hydrogen-bond donors (Lipinski definition) is 1. The Kier molecular flexibility index (Phi) is 4.42. The Bertz CT molecular complexity index is 702. The van der Waals surface area contributed by atoms with Gasteiger partial charge in [-0.25, -0.2) is 4.98 Å². The molecule has 0 bridgehead atoms. The van der Waals surface area contributed by atoms with Gasteiger partial charge in [0.25, 0.3) is 5.91 Å². The lowest BCUT2D eigenvalue weighted by atomic mass is 10.0. The van der Waals surface area contributed by atoms with Gasteiger partial charge in [0.05, 0.1) is 15.0 Å². The molecule has 0 aromatic carbocycles. The van der Waals surface area contributed by atoms with E-state index in [9.17, 15) is 4.79 Å². The van der Waals surface area contributed by atoms with Crippen LogP contribution in [0.25, 0.3) is 0 Å². The van der Waals surface area contributed by atoms with E-state index in [-0.39, 0.29) is 11.4 Å². The molecule has 2 aromatic heterocycles. The largest absolute Gasteiger partial charge is 0.298 e. The molecule has 0 fully saturated rings. The zero-order valence-corrected chi connectivity index (χ0v) is 16.0. The van der Waals surface area contributed by atoms with Gasteiger partial charge in [-0.2, -0.15) is 0 Å². The number of carbonyl (C=O) groups excluding carboxylic acids is 1. The van der Waals surface area contributed by atoms with E-state index in [1.807, 2.05) is 11.4 Å². The van der Waals surface area contributed by atoms with E-state index in [0.717, 1.165) is 29.0 Å². The van der Waals surface area contributed by atoms with Gasteiger partial charge in [-0.15, -0.1) is 22.7 Å². The van der Waals surface area contributed by atoms with Crippen molar-refractivity contribution in [2.75, 3.05) is 11.9 Å². The number of aromatic nitrogens is 1. The first kappa shape index (κ1) is 16.1. The lowest BCUT2D eigenvalue weighted by Gasteiger charge is -2.37. The van der Waals surface area contributed by atoms with Crippen molar-refractivity contribution in [3.8, 4) is 0 Å². The molecule has 0 radical (unpaired) electrons. The average molecular weight is 400 g/mol. The Hall–Kier alpha value is -0.760. The SMILES string of the molecule is CC(C)(C)N1CCc2nc(NC(=O)c3csc(Br)c3)sc2C1. The third-order valence-corrected chi connectivity index (χ3v) is 6.23. The van der Waals surface area contributed by atoms with Gasteiger partial charge in [-0.3, -0.25) is 15.0 Å². The Labute approximate surface area is 146 Å². The van der Waals surface area contributed by atoms with E-state index in [2.05, 4.69) is 51.9 Å². The predicted molar refractivity (Wildman–Crippen MR) is 96.0 cm³/mol. The standard InChI is InChI=1S/C15H18BrN3OS2/c1-15(2,3)19-5-4-10-11(7-19)22-14(17-10)18-13(20)9-6-12(16)21-8-9/h6,8H,4-5,7H2,1-3H3,(H,17,18,20). The third kappa shape index (κ3) is 3.42. The number of nitrogens with one attached hydrogen (secondary N) is 1. The van der Waals surface area contributed by atoms with E-state index < -0.39 is 0 Å². The summed E-state index contributed by atoms with van der Waals surface area (Å²) in [6.07, 6.45) is 0.947. The van der Waals surface area contributed by atoms with Crippen LogP contribution in [0.3, 0.4) is 0 Å². The highest BCUT2D eigenvalue weighted by atomic mass is 79.9. The van der Waals surface area contributed by atoms with Gasteiger partial charge < -0.3 is 0 Å². The van der Waals surface area contributed by atoms with E-state index in [1.165, 1.54) is 16.2 Å². The minimum absolute atomic E-state index is 0.0966. The second-order valence-corrected chi connectivity index (χ2v) is 9.70. The van der Waals surface area contributed by atoms with Gasteiger partial charge in [0, 0.05) is 35.3 Å². The molecule has 7 heteroatoms. The first-order valence-corrected chi connectivity index (χ1v) is 9.61. The number of hydrogen-bond acceptors (Lipinski definition) is 5. The summed E-state index contributed by atoms with van der Waals surface area (Å²) in [5.74, 6) is -0.0966. The zero-order chi connectivity index (χ0) is 15.9. The van der Waals surface area contributed by atoms with E-state index in [1.54, 1.807) is 11.3 Å². The normalized spacial score (nSPS) is 15.6. The van der Waals surface area contributed by atoms with Crippen LogP contribution in [0, 0.1) is 0 Å². The minimum atomic E-state index is -0.0966. The van der Waals surface area contributed by atoms with Crippen molar-refractivity contribution in [1.82, 2.24) is 9.88 Å². The predicted octanol–water partition coefficient (Wildman–Crippen LogP) is 4.38. The quantitative estimate of drug-likeness (QED) is 0.814. The number of carbonyl (C=O) groups is 1. The minimum Gasteiger partial charge on any atom is -0.298 e. The summed E-state index contributed by atoms with van der Waals surface area (Å²) in [4.78, 5) is 20.5. The van der Waals surface area contributed by atoms with Crippen molar-refractivity contribution in [2.24, 2.45) is 0 Å². The average Bonchev–Trinajstić information content (AvgIpc) is 3.02. The number of anilines is 1. The molecule has 3 rings (SSSR count). The second-order valence-electron chi connectivity index (χ2n) is 6.32. The van der Waals surface area contributed by atoms with Crippen LogP contribution in [0.4, 0.5) is 5.13 Å². The van der Waals surface area contributed by atoms with E-state index in [4.69, 9.17) is 0 Å². The summed E-state index contributed by atoms with van der Waals surface area (Å²) in [5.41, 5.74) is 1.96. The van der Waals surface area contributed by atoms with Crippen molar-refractivity contribution in [3.05, 3.63) is 31.4 Å². The number of rotatable bonds is 2. The molecule has 1 aliphatic rings. The van der Waals surface area contributed by atoms with Crippen LogP contribution in [-0.4, -0.2) is 27.9 Å². The molecule has 1 amide bonds. The summed E-state index contributed by atoms with van der Waals surface area (Å²) >= 11 is 6.48. The molecule has 2 aromatic rings. The third-order valence-electron chi connectivity index (χ3n) is 3.73. The van der Waals surface area contributed by atoms with Gasteiger partial charge in [0.2, 0.25) is 0 Å². The highest BCUT2D eigenvalue weighted by Crippen LogP contribution is 2.31. The smallest absolute Gasteiger partial charge is 0.258 e. The van der Waals surface area contributed by atoms with Crippen LogP contribution < -0.4 is 5.32 Å². The number of fused-ring (bicyclic) bond motifs is 1. The molecule has 0 saturated carbocycles. The fourth-order valence-electron chi connectivity index (χ4n) is 2.42. The van der Waals surface area contributed by atoms with Gasteiger partial charge in [0.15, 0.2) is 5.13 Å². The monoisotopic (exact) mass is 399 g/mol. The Morgan fingerprint density at radius 1 is 1.45 bits per heavy atom. The Morgan fingerprint density at radius 3 is 2.86 bits per heavy atom. The van der Waals surface area contributed by atoms with Crippen molar-refractivity contribution < 1.29 is 4.79 Å². The molecule has 0 atom stereocenters. The summed E-state index contributed by atoms with van der Waals surface area (Å²) in [6.45, 7) is 8.63. The molecule has 0 aliphatic carbocycles. The number of nitrogens with zero attached hydrogens (tertiary/aromatic N) is 2. The molecular weight excluding hydrogens is 382 g/mol. The molecule has 22 heavy (non-hydrogen) atoms. The number of halogens is 1. The van der Waals surface area contributed by atoms with Crippen LogP contribution >= 0.6 is 38.6 Å². The van der Waals surface area contributed by atoms with Crippen molar-refractivity contribution in [1.29, 1.82) is 0 Å². The molecular formula is C15H18BrN3OS2. The molecule has 0 spiro atoms. The number of thiophene rings is 1. The molecule has 1 aliphatic heterocycles. The lowest BCUT2D eigenvalue weighted by molar-refractivity contribution is 0.102. The van der Waals surface area contributed by atoms with Crippen LogP contribution in [0.15, 0.2) is 15.2 Å². The van der Waals surface area contributed by atoms with Crippen molar-refractivity contribution in [2.45, 2.75) is 39.3 Å². The molecule has 4 nitrogen and oxygen atoms in total. The number of thiazole rings is 1. The van der Waals surface area contributed by atoms with Crippen LogP contribution in [0.1, 0.15) is 41.7 Å². The van der Waals surface area contributed by atoms with Crippen LogP contribution in [0.5, 0.6) is 0 Å². The summed E-state index contributed by atoms with van der Waals surface area (Å²) in [5, 5.41) is 5.46. The molecule has 0 saturated heterocycles. The number of amides is 1. The molecule has 1 N–H and O–H groups in total. The molecule has 3 heterocycles. The summed E-state index contributed by atoms with van der Waals surface area (Å²) < 4.78 is 0.955. The maximum absolute atomic E-state index is 12.2. The first-order chi connectivity index (χ1) is 10.3. The highest BCUT2D eigenvalue weighted by molar-refractivity contribution is 9.11. The van der Waals surface area contributed by atoms with Crippen LogP contribution in [-0.2, 0) is 13.0 Å². The van der Waals surface area contributed by atoms with Crippen molar-refractivity contribution in [3.63, 3.8) is 0 Å². The highest BCUT2D eigenvalue weighted by Gasteiger charge is 2.28. The van der Waals surface area contributed by atoms with E-state index in [0.29, 0.717) is 10.7 Å². The topological polar surface area (TPSA) is 45.2 Å². The van der Waals surface area contributed by atoms with Gasteiger partial charge >= 0.3 is 0 Å². The van der Waals surface area contributed by atoms with Gasteiger partial charge in [-0.05, 0) is 42.8 Å². The van der Waals surface area contributed by atoms with Crippen molar-refractivity contribution >= 4 is 49.6 Å². The van der Waals surface area contributed by atoms with Gasteiger partial charge in [0.1, 0.15) is 0 Å². The molecule has 0 unspecified atom stereocenters. The maximum atomic E-state index is 12.2. The summed E-state index contributed by atoms with van der Waals surface area (Å²) in [6, 6.07) is 1.83. The molecule has 118 valence electrons. The van der Waals surface area contributed by atoms with Crippen LogP contribution in [0.2, 0.25) is 0 Å². The lowest BCUT2D eigenvalue weighted by Crippen LogP contribution is -2.43. The fraction of sp³-hybridized carbons (Fsp3) is 0.467. The zero-order valence-electron chi connectivity index (χ0n) is 12.8. The summed E-state index contributed by atoms with van der Waals surface area (Å²) in [7, 11) is 0. The Morgan fingerprint density at radius 2 is 2.23 bits per heavy atom. The van der Waals surface area contributed by atoms with E-state index >= 15 is 0 Å². The maximum Gasteiger partial charge on any atom is 0.258 e. The first-order valence-electron chi connectivity index (χ1n) is 7.12.